The molecule has 0 aromatic heterocycles. The summed E-state index contributed by atoms with van der Waals surface area (Å²) in [6.07, 6.45) is 1.70. The van der Waals surface area contributed by atoms with Crippen molar-refractivity contribution in [2.24, 2.45) is 4.99 Å². The Labute approximate surface area is 149 Å². The van der Waals surface area contributed by atoms with Gasteiger partial charge >= 0.3 is 0 Å². The monoisotopic (exact) mass is 356 g/mol. The molecule has 25 heavy (non-hydrogen) atoms. The Morgan fingerprint density at radius 1 is 1.16 bits per heavy atom. The standard InChI is InChI=1S/C18H16N2O4S/c1-20(12-4-6-13(21)7-5-12)18-19-17(23)16(25-18)10-11-3-8-14(22)15(9-11)24-2/h3-10,21-22H,1-2H3/b16-10+. The SMILES string of the molecule is COc1cc(/C=C2/SC(N(C)c3ccc(O)cc3)=NC2=O)ccc1O. The molecule has 128 valence electrons. The number of methoxy groups -OCH3 is 1. The number of phenolic OH excluding ortho intramolecular Hbond substituents is 2. The highest BCUT2D eigenvalue weighted by molar-refractivity contribution is 8.18. The van der Waals surface area contributed by atoms with Crippen LogP contribution in [0, 0.1) is 0 Å². The lowest BCUT2D eigenvalue weighted by molar-refractivity contribution is -0.113. The Morgan fingerprint density at radius 2 is 1.88 bits per heavy atom. The molecule has 2 aromatic rings. The maximum Gasteiger partial charge on any atom is 0.286 e. The number of rotatable bonds is 3. The summed E-state index contributed by atoms with van der Waals surface area (Å²) < 4.78 is 5.08. The zero-order chi connectivity index (χ0) is 18.0. The molecule has 2 N–H and O–H groups in total. The molecule has 0 fully saturated rings. The van der Waals surface area contributed by atoms with E-state index in [2.05, 4.69) is 4.99 Å². The Bertz CT molecular complexity index is 875. The Balaban J connectivity index is 1.81. The molecule has 0 saturated heterocycles. The lowest BCUT2D eigenvalue weighted by Gasteiger charge is -2.17. The summed E-state index contributed by atoms with van der Waals surface area (Å²) >= 11 is 1.26. The number of ether oxygens (including phenoxy) is 1. The first kappa shape index (κ1) is 16.9. The third-order valence-electron chi connectivity index (χ3n) is 3.63. The first-order valence-electron chi connectivity index (χ1n) is 7.40. The molecule has 0 radical (unpaired) electrons. The maximum atomic E-state index is 12.2. The Hall–Kier alpha value is -2.93. The van der Waals surface area contributed by atoms with E-state index in [1.807, 2.05) is 0 Å². The minimum absolute atomic E-state index is 0.0408. The average Bonchev–Trinajstić information content (AvgIpc) is 2.97. The van der Waals surface area contributed by atoms with E-state index in [1.54, 1.807) is 54.4 Å². The topological polar surface area (TPSA) is 82.4 Å². The van der Waals surface area contributed by atoms with Crippen LogP contribution in [0.25, 0.3) is 6.08 Å². The Kier molecular flexibility index (Phi) is 4.67. The van der Waals surface area contributed by atoms with Gasteiger partial charge in [0.15, 0.2) is 16.7 Å². The number of anilines is 1. The predicted molar refractivity (Wildman–Crippen MR) is 99.2 cm³/mol. The molecular formula is C18H16N2O4S. The largest absolute Gasteiger partial charge is 0.508 e. The van der Waals surface area contributed by atoms with Crippen molar-refractivity contribution >= 4 is 34.6 Å². The summed E-state index contributed by atoms with van der Waals surface area (Å²) in [5.41, 5.74) is 1.54. The van der Waals surface area contributed by atoms with Crippen LogP contribution in [0.2, 0.25) is 0 Å². The number of carbonyl (C=O) groups is 1. The Morgan fingerprint density at radius 3 is 2.56 bits per heavy atom. The molecule has 0 saturated carbocycles. The van der Waals surface area contributed by atoms with E-state index in [-0.39, 0.29) is 17.4 Å². The minimum Gasteiger partial charge on any atom is -0.508 e. The van der Waals surface area contributed by atoms with Crippen LogP contribution >= 0.6 is 11.8 Å². The molecule has 0 aliphatic carbocycles. The fraction of sp³-hybridized carbons (Fsp3) is 0.111. The van der Waals surface area contributed by atoms with Gasteiger partial charge in [-0.2, -0.15) is 4.99 Å². The molecule has 0 unspecified atom stereocenters. The first-order chi connectivity index (χ1) is 12.0. The van der Waals surface area contributed by atoms with E-state index in [0.717, 1.165) is 11.3 Å². The molecule has 6 nitrogen and oxygen atoms in total. The van der Waals surface area contributed by atoms with Gasteiger partial charge in [-0.15, -0.1) is 0 Å². The van der Waals surface area contributed by atoms with Gasteiger partial charge in [-0.25, -0.2) is 0 Å². The van der Waals surface area contributed by atoms with Crippen LogP contribution in [-0.4, -0.2) is 35.4 Å². The molecule has 0 bridgehead atoms. The second-order valence-corrected chi connectivity index (χ2v) is 6.33. The highest BCUT2D eigenvalue weighted by Gasteiger charge is 2.25. The summed E-state index contributed by atoms with van der Waals surface area (Å²) in [4.78, 5) is 18.5. The number of hydrogen-bond donors (Lipinski definition) is 2. The van der Waals surface area contributed by atoms with Crippen LogP contribution in [0.3, 0.4) is 0 Å². The number of aliphatic imine (C=N–C) groups is 1. The molecule has 1 aliphatic heterocycles. The summed E-state index contributed by atoms with van der Waals surface area (Å²) in [5, 5.41) is 19.6. The summed E-state index contributed by atoms with van der Waals surface area (Å²) in [5.74, 6) is 0.236. The van der Waals surface area contributed by atoms with Crippen molar-refractivity contribution in [1.82, 2.24) is 0 Å². The van der Waals surface area contributed by atoms with Crippen molar-refractivity contribution in [3.63, 3.8) is 0 Å². The van der Waals surface area contributed by atoms with Crippen LogP contribution in [0.5, 0.6) is 17.2 Å². The van der Waals surface area contributed by atoms with E-state index in [1.165, 1.54) is 24.9 Å². The van der Waals surface area contributed by atoms with Crippen molar-refractivity contribution in [3.05, 3.63) is 52.9 Å². The van der Waals surface area contributed by atoms with Gasteiger partial charge in [-0.3, -0.25) is 4.79 Å². The van der Waals surface area contributed by atoms with Gasteiger partial charge in [-0.1, -0.05) is 6.07 Å². The van der Waals surface area contributed by atoms with Gasteiger partial charge in [0, 0.05) is 12.7 Å². The molecule has 2 aromatic carbocycles. The van der Waals surface area contributed by atoms with Gasteiger partial charge in [0.1, 0.15) is 5.75 Å². The van der Waals surface area contributed by atoms with E-state index in [4.69, 9.17) is 4.74 Å². The minimum atomic E-state index is -0.322. The van der Waals surface area contributed by atoms with Crippen molar-refractivity contribution in [3.8, 4) is 17.2 Å². The van der Waals surface area contributed by atoms with Crippen LogP contribution in [0.1, 0.15) is 5.56 Å². The molecule has 1 aliphatic rings. The smallest absolute Gasteiger partial charge is 0.286 e. The number of thioether (sulfide) groups is 1. The first-order valence-corrected chi connectivity index (χ1v) is 8.22. The molecule has 0 spiro atoms. The predicted octanol–water partition coefficient (Wildman–Crippen LogP) is 3.21. The average molecular weight is 356 g/mol. The lowest BCUT2D eigenvalue weighted by Crippen LogP contribution is -2.21. The van der Waals surface area contributed by atoms with Crippen molar-refractivity contribution < 1.29 is 19.7 Å². The maximum absolute atomic E-state index is 12.2. The molecular weight excluding hydrogens is 340 g/mol. The van der Waals surface area contributed by atoms with Gasteiger partial charge < -0.3 is 19.8 Å². The fourth-order valence-electron chi connectivity index (χ4n) is 2.26. The van der Waals surface area contributed by atoms with Crippen molar-refractivity contribution in [2.75, 3.05) is 19.1 Å². The zero-order valence-corrected chi connectivity index (χ0v) is 14.4. The van der Waals surface area contributed by atoms with Crippen LogP contribution in [-0.2, 0) is 4.79 Å². The number of hydrogen-bond acceptors (Lipinski definition) is 6. The van der Waals surface area contributed by atoms with E-state index in [9.17, 15) is 15.0 Å². The fourth-order valence-corrected chi connectivity index (χ4v) is 3.16. The molecule has 7 heteroatoms. The summed E-state index contributed by atoms with van der Waals surface area (Å²) in [6, 6.07) is 11.5. The van der Waals surface area contributed by atoms with Crippen molar-refractivity contribution in [2.45, 2.75) is 0 Å². The van der Waals surface area contributed by atoms with E-state index in [0.29, 0.717) is 15.8 Å². The van der Waals surface area contributed by atoms with Gasteiger partial charge in [0.2, 0.25) is 0 Å². The summed E-state index contributed by atoms with van der Waals surface area (Å²) in [6.45, 7) is 0. The number of aromatic hydroxyl groups is 2. The van der Waals surface area contributed by atoms with Gasteiger partial charge in [0.05, 0.1) is 12.0 Å². The normalized spacial score (nSPS) is 15.4. The van der Waals surface area contributed by atoms with Gasteiger partial charge in [-0.05, 0) is 59.8 Å². The van der Waals surface area contributed by atoms with E-state index >= 15 is 0 Å². The molecule has 0 atom stereocenters. The number of benzene rings is 2. The molecule has 1 amide bonds. The second kappa shape index (κ2) is 6.90. The third-order valence-corrected chi connectivity index (χ3v) is 4.69. The van der Waals surface area contributed by atoms with Crippen LogP contribution in [0.4, 0.5) is 5.69 Å². The summed E-state index contributed by atoms with van der Waals surface area (Å²) in [7, 11) is 3.27. The number of phenols is 2. The zero-order valence-electron chi connectivity index (χ0n) is 13.6. The van der Waals surface area contributed by atoms with E-state index < -0.39 is 0 Å². The number of carbonyl (C=O) groups excluding carboxylic acids is 1. The van der Waals surface area contributed by atoms with Gasteiger partial charge in [0.25, 0.3) is 5.91 Å². The van der Waals surface area contributed by atoms with Crippen molar-refractivity contribution in [1.29, 1.82) is 0 Å². The molecule has 1 heterocycles. The molecule has 3 rings (SSSR count). The van der Waals surface area contributed by atoms with Crippen LogP contribution < -0.4 is 9.64 Å². The second-order valence-electron chi connectivity index (χ2n) is 5.32. The quantitative estimate of drug-likeness (QED) is 0.822. The van der Waals surface area contributed by atoms with Crippen LogP contribution in [0.15, 0.2) is 52.4 Å². The number of amidine groups is 1. The number of nitrogens with zero attached hydrogens (tertiary/aromatic N) is 2. The lowest BCUT2D eigenvalue weighted by atomic mass is 10.2. The third kappa shape index (κ3) is 3.61. The highest BCUT2D eigenvalue weighted by atomic mass is 32.2. The highest BCUT2D eigenvalue weighted by Crippen LogP contribution is 2.34. The number of amides is 1.